The maximum absolute atomic E-state index is 10.9. The number of rotatable bonds is 4. The highest BCUT2D eigenvalue weighted by Crippen LogP contribution is 2.11. The summed E-state index contributed by atoms with van der Waals surface area (Å²) in [6.07, 6.45) is 2.86. The molecule has 0 aliphatic rings. The number of carbonyl (C=O) groups is 1. The van der Waals surface area contributed by atoms with Crippen LogP contribution in [-0.4, -0.2) is 30.9 Å². The Labute approximate surface area is 91.7 Å². The van der Waals surface area contributed by atoms with Crippen LogP contribution in [0.1, 0.15) is 6.42 Å². The molecule has 1 amide bonds. The Balaban J connectivity index is 2.66. The largest absolute Gasteiger partial charge is 0.359 e. The fourth-order valence-electron chi connectivity index (χ4n) is 0.943. The molecule has 1 aromatic heterocycles. The highest BCUT2D eigenvalue weighted by Gasteiger charge is 2.13. The molecule has 0 bridgehead atoms. The zero-order chi connectivity index (χ0) is 11.5. The lowest BCUT2D eigenvalue weighted by molar-refractivity contribution is -0.120. The van der Waals surface area contributed by atoms with Crippen LogP contribution in [0.25, 0.3) is 0 Å². The maximum atomic E-state index is 10.9. The van der Waals surface area contributed by atoms with E-state index in [2.05, 4.69) is 10.3 Å². The lowest BCUT2D eigenvalue weighted by Gasteiger charge is -1.99. The first-order valence-electron chi connectivity index (χ1n) is 4.10. The number of imidazole rings is 1. The molecule has 1 rings (SSSR count). The van der Waals surface area contributed by atoms with Crippen LogP contribution < -0.4 is 5.32 Å². The molecule has 1 N–H and O–H groups in total. The Morgan fingerprint density at radius 2 is 2.33 bits per heavy atom. The molecule has 8 heteroatoms. The van der Waals surface area contributed by atoms with E-state index in [0.717, 1.165) is 0 Å². The molecule has 84 valence electrons. The molecule has 0 aliphatic carbocycles. The fourth-order valence-corrected chi connectivity index (χ4v) is 1.62. The summed E-state index contributed by atoms with van der Waals surface area (Å²) in [5, 5.41) is 2.25. The normalized spacial score (nSPS) is 11.3. The van der Waals surface area contributed by atoms with E-state index < -0.39 is 9.05 Å². The summed E-state index contributed by atoms with van der Waals surface area (Å²) < 4.78 is 23.2. The lowest BCUT2D eigenvalue weighted by atomic mass is 10.4. The summed E-state index contributed by atoms with van der Waals surface area (Å²) in [6.45, 7) is 0.360. The molecular weight excluding hydrogens is 242 g/mol. The van der Waals surface area contributed by atoms with Gasteiger partial charge in [0, 0.05) is 36.9 Å². The molecule has 0 spiro atoms. The van der Waals surface area contributed by atoms with Crippen LogP contribution in [-0.2, 0) is 20.4 Å². The van der Waals surface area contributed by atoms with Crippen LogP contribution in [0.2, 0.25) is 0 Å². The predicted molar refractivity (Wildman–Crippen MR) is 53.9 cm³/mol. The number of amides is 1. The first-order chi connectivity index (χ1) is 6.93. The van der Waals surface area contributed by atoms with Crippen LogP contribution in [0.4, 0.5) is 0 Å². The van der Waals surface area contributed by atoms with Gasteiger partial charge in [0.1, 0.15) is 0 Å². The average molecular weight is 252 g/mol. The number of aromatic nitrogens is 2. The molecule has 0 unspecified atom stereocenters. The molecule has 0 saturated heterocycles. The Morgan fingerprint density at radius 1 is 1.67 bits per heavy atom. The van der Waals surface area contributed by atoms with E-state index in [-0.39, 0.29) is 17.4 Å². The van der Waals surface area contributed by atoms with Crippen molar-refractivity contribution in [2.75, 3.05) is 7.05 Å². The Kier molecular flexibility index (Phi) is 3.70. The van der Waals surface area contributed by atoms with Gasteiger partial charge in [-0.2, -0.15) is 0 Å². The van der Waals surface area contributed by atoms with Crippen molar-refractivity contribution < 1.29 is 13.2 Å². The number of aryl methyl sites for hydroxylation is 1. The SMILES string of the molecule is CNC(=O)CCn1cnc(S(=O)(=O)Cl)c1. The van der Waals surface area contributed by atoms with Gasteiger partial charge in [-0.1, -0.05) is 0 Å². The number of hydrogen-bond donors (Lipinski definition) is 1. The highest BCUT2D eigenvalue weighted by atomic mass is 35.7. The summed E-state index contributed by atoms with van der Waals surface area (Å²) in [5.74, 6) is -0.126. The molecule has 1 aromatic rings. The maximum Gasteiger partial charge on any atom is 0.280 e. The van der Waals surface area contributed by atoms with Gasteiger partial charge in [-0.05, 0) is 0 Å². The number of nitrogens with one attached hydrogen (secondary N) is 1. The van der Waals surface area contributed by atoms with Gasteiger partial charge < -0.3 is 9.88 Å². The zero-order valence-electron chi connectivity index (χ0n) is 7.97. The third-order valence-corrected chi connectivity index (χ3v) is 2.92. The summed E-state index contributed by atoms with van der Waals surface area (Å²) in [7, 11) is 2.83. The average Bonchev–Trinajstić information content (AvgIpc) is 2.61. The summed E-state index contributed by atoms with van der Waals surface area (Å²) in [6, 6.07) is 0. The van der Waals surface area contributed by atoms with Crippen molar-refractivity contribution in [3.8, 4) is 0 Å². The van der Waals surface area contributed by atoms with Crippen LogP contribution >= 0.6 is 10.7 Å². The predicted octanol–water partition coefficient (Wildman–Crippen LogP) is -0.0533. The van der Waals surface area contributed by atoms with Crippen molar-refractivity contribution in [1.29, 1.82) is 0 Å². The molecule has 6 nitrogen and oxygen atoms in total. The number of halogens is 1. The van der Waals surface area contributed by atoms with Gasteiger partial charge in [0.05, 0.1) is 6.33 Å². The van der Waals surface area contributed by atoms with Gasteiger partial charge in [-0.3, -0.25) is 4.79 Å². The minimum atomic E-state index is -3.79. The van der Waals surface area contributed by atoms with Crippen molar-refractivity contribution in [3.63, 3.8) is 0 Å². The minimum Gasteiger partial charge on any atom is -0.359 e. The van der Waals surface area contributed by atoms with Crippen LogP contribution in [0, 0.1) is 0 Å². The van der Waals surface area contributed by atoms with Crippen molar-refractivity contribution in [1.82, 2.24) is 14.9 Å². The minimum absolute atomic E-state index is 0.126. The zero-order valence-corrected chi connectivity index (χ0v) is 9.55. The van der Waals surface area contributed by atoms with Crippen molar-refractivity contribution in [2.24, 2.45) is 0 Å². The monoisotopic (exact) mass is 251 g/mol. The second kappa shape index (κ2) is 4.63. The van der Waals surface area contributed by atoms with E-state index in [0.29, 0.717) is 6.54 Å². The number of hydrogen-bond acceptors (Lipinski definition) is 4. The van der Waals surface area contributed by atoms with Gasteiger partial charge in [-0.25, -0.2) is 13.4 Å². The van der Waals surface area contributed by atoms with E-state index >= 15 is 0 Å². The summed E-state index contributed by atoms with van der Waals surface area (Å²) >= 11 is 0. The van der Waals surface area contributed by atoms with Crippen molar-refractivity contribution >= 4 is 25.6 Å². The fraction of sp³-hybridized carbons (Fsp3) is 0.429. The lowest BCUT2D eigenvalue weighted by Crippen LogP contribution is -2.19. The highest BCUT2D eigenvalue weighted by molar-refractivity contribution is 8.13. The Morgan fingerprint density at radius 3 is 2.80 bits per heavy atom. The van der Waals surface area contributed by atoms with E-state index in [1.165, 1.54) is 24.1 Å². The Hall–Kier alpha value is -1.08. The van der Waals surface area contributed by atoms with E-state index in [4.69, 9.17) is 10.7 Å². The molecule has 0 radical (unpaired) electrons. The molecular formula is C7H10ClN3O3S. The molecule has 0 aliphatic heterocycles. The quantitative estimate of drug-likeness (QED) is 0.761. The van der Waals surface area contributed by atoms with Gasteiger partial charge >= 0.3 is 0 Å². The van der Waals surface area contributed by atoms with E-state index in [9.17, 15) is 13.2 Å². The van der Waals surface area contributed by atoms with Gasteiger partial charge in [0.15, 0.2) is 5.03 Å². The smallest absolute Gasteiger partial charge is 0.280 e. The molecule has 0 saturated carbocycles. The number of carbonyl (C=O) groups excluding carboxylic acids is 1. The van der Waals surface area contributed by atoms with Gasteiger partial charge in [0.25, 0.3) is 9.05 Å². The van der Waals surface area contributed by atoms with E-state index in [1.807, 2.05) is 0 Å². The van der Waals surface area contributed by atoms with Gasteiger partial charge in [-0.15, -0.1) is 0 Å². The third-order valence-electron chi connectivity index (χ3n) is 1.74. The second-order valence-corrected chi connectivity index (χ2v) is 5.32. The second-order valence-electron chi connectivity index (χ2n) is 2.81. The number of nitrogens with zero attached hydrogens (tertiary/aromatic N) is 2. The van der Waals surface area contributed by atoms with Gasteiger partial charge in [0.2, 0.25) is 5.91 Å². The molecule has 0 fully saturated rings. The van der Waals surface area contributed by atoms with Crippen LogP contribution in [0.5, 0.6) is 0 Å². The Bertz CT molecular complexity index is 454. The molecule has 0 atom stereocenters. The topological polar surface area (TPSA) is 81.1 Å². The van der Waals surface area contributed by atoms with Crippen molar-refractivity contribution in [3.05, 3.63) is 12.5 Å². The van der Waals surface area contributed by atoms with Crippen molar-refractivity contribution in [2.45, 2.75) is 18.0 Å². The first kappa shape index (κ1) is 12.0. The first-order valence-corrected chi connectivity index (χ1v) is 6.41. The standard InChI is InChI=1S/C7H10ClN3O3S/c1-9-6(12)2-3-11-4-7(10-5-11)15(8,13)14/h4-5H,2-3H2,1H3,(H,9,12). The molecule has 15 heavy (non-hydrogen) atoms. The summed E-state index contributed by atoms with van der Waals surface area (Å²) in [4.78, 5) is 14.5. The summed E-state index contributed by atoms with van der Waals surface area (Å²) in [5.41, 5.74) is 0. The third kappa shape index (κ3) is 3.52. The molecule has 0 aromatic carbocycles. The van der Waals surface area contributed by atoms with E-state index in [1.54, 1.807) is 0 Å². The van der Waals surface area contributed by atoms with Crippen LogP contribution in [0.15, 0.2) is 17.6 Å². The molecule has 1 heterocycles. The van der Waals surface area contributed by atoms with Crippen LogP contribution in [0.3, 0.4) is 0 Å².